The van der Waals surface area contributed by atoms with Gasteiger partial charge < -0.3 is 10.6 Å². The van der Waals surface area contributed by atoms with Crippen LogP contribution in [0.1, 0.15) is 55.5 Å². The zero-order valence-corrected chi connectivity index (χ0v) is 10.7. The molecule has 3 aliphatic rings. The molecular formula is C14H20N4. The lowest BCUT2D eigenvalue weighted by atomic mass is 10.2. The largest absolute Gasteiger partial charge is 0.355 e. The normalized spacial score (nSPS) is 27.8. The lowest BCUT2D eigenvalue weighted by Crippen LogP contribution is -2.27. The highest BCUT2D eigenvalue weighted by Gasteiger charge is 2.32. The van der Waals surface area contributed by atoms with Gasteiger partial charge in [0.25, 0.3) is 0 Å². The second-order valence-electron chi connectivity index (χ2n) is 6.05. The smallest absolute Gasteiger partial charge is 0.134 e. The van der Waals surface area contributed by atoms with E-state index < -0.39 is 0 Å². The van der Waals surface area contributed by atoms with Gasteiger partial charge in [-0.2, -0.15) is 0 Å². The minimum atomic E-state index is 0.314. The molecule has 3 fully saturated rings. The fourth-order valence-electron chi connectivity index (χ4n) is 2.74. The Morgan fingerprint density at radius 1 is 1.06 bits per heavy atom. The van der Waals surface area contributed by atoms with Crippen LogP contribution in [0.4, 0.5) is 5.82 Å². The van der Waals surface area contributed by atoms with E-state index in [4.69, 9.17) is 15.7 Å². The predicted molar refractivity (Wildman–Crippen MR) is 70.8 cm³/mol. The van der Waals surface area contributed by atoms with E-state index in [-0.39, 0.29) is 0 Å². The zero-order chi connectivity index (χ0) is 12.1. The van der Waals surface area contributed by atoms with E-state index in [1.54, 1.807) is 0 Å². The molecular weight excluding hydrogens is 224 g/mol. The van der Waals surface area contributed by atoms with Crippen LogP contribution in [0.2, 0.25) is 0 Å². The first kappa shape index (κ1) is 10.7. The fourth-order valence-corrected chi connectivity index (χ4v) is 2.74. The van der Waals surface area contributed by atoms with E-state index >= 15 is 0 Å². The fraction of sp³-hybridized carbons (Fsp3) is 0.714. The number of rotatable bonds is 3. The van der Waals surface area contributed by atoms with Gasteiger partial charge >= 0.3 is 0 Å². The molecule has 2 saturated carbocycles. The summed E-state index contributed by atoms with van der Waals surface area (Å²) in [7, 11) is 0. The van der Waals surface area contributed by atoms with Gasteiger partial charge in [-0.1, -0.05) is 0 Å². The summed E-state index contributed by atoms with van der Waals surface area (Å²) in [5.74, 6) is 3.57. The van der Waals surface area contributed by atoms with Gasteiger partial charge in [-0.05, 0) is 32.1 Å². The van der Waals surface area contributed by atoms with Gasteiger partial charge in [-0.25, -0.2) is 9.97 Å². The molecule has 4 heteroatoms. The first-order valence-corrected chi connectivity index (χ1v) is 7.19. The van der Waals surface area contributed by atoms with Gasteiger partial charge in [0.1, 0.15) is 11.6 Å². The molecule has 0 aromatic carbocycles. The number of hydrogen-bond acceptors (Lipinski definition) is 4. The molecule has 1 saturated heterocycles. The molecule has 0 radical (unpaired) electrons. The summed E-state index contributed by atoms with van der Waals surface area (Å²) in [6.45, 7) is 2.00. The molecule has 1 aromatic heterocycles. The van der Waals surface area contributed by atoms with E-state index in [9.17, 15) is 0 Å². The van der Waals surface area contributed by atoms with Crippen LogP contribution in [0.5, 0.6) is 0 Å². The van der Waals surface area contributed by atoms with Gasteiger partial charge in [0.05, 0.1) is 0 Å². The van der Waals surface area contributed by atoms with Gasteiger partial charge in [0.2, 0.25) is 0 Å². The predicted octanol–water partition coefficient (Wildman–Crippen LogP) is 1.77. The first-order chi connectivity index (χ1) is 8.79. The Kier molecular flexibility index (Phi) is 2.34. The Labute approximate surface area is 108 Å². The molecule has 0 bridgehead atoms. The molecule has 0 amide bonds. The highest BCUT2D eigenvalue weighted by Crippen LogP contribution is 2.43. The molecule has 96 valence electrons. The summed E-state index contributed by atoms with van der Waals surface area (Å²) in [4.78, 5) is 11.9. The molecule has 18 heavy (non-hydrogen) atoms. The Hall–Kier alpha value is -1.16. The van der Waals surface area contributed by atoms with E-state index in [1.807, 2.05) is 0 Å². The molecule has 1 aliphatic heterocycles. The van der Waals surface area contributed by atoms with E-state index in [2.05, 4.69) is 11.0 Å². The summed E-state index contributed by atoms with van der Waals surface area (Å²) in [5, 5.41) is 0. The maximum Gasteiger partial charge on any atom is 0.134 e. The molecule has 1 aromatic rings. The molecule has 2 N–H and O–H groups in total. The van der Waals surface area contributed by atoms with Crippen molar-refractivity contribution in [1.82, 2.24) is 9.97 Å². The van der Waals surface area contributed by atoms with Crippen molar-refractivity contribution in [3.63, 3.8) is 0 Å². The van der Waals surface area contributed by atoms with Crippen molar-refractivity contribution in [2.24, 2.45) is 5.73 Å². The summed E-state index contributed by atoms with van der Waals surface area (Å²) in [5.41, 5.74) is 7.28. The Bertz CT molecular complexity index is 435. The Balaban J connectivity index is 1.67. The minimum Gasteiger partial charge on any atom is -0.355 e. The highest BCUT2D eigenvalue weighted by molar-refractivity contribution is 5.43. The van der Waals surface area contributed by atoms with Crippen LogP contribution in [0, 0.1) is 0 Å². The second-order valence-corrected chi connectivity index (χ2v) is 6.05. The average molecular weight is 244 g/mol. The summed E-state index contributed by atoms with van der Waals surface area (Å²) in [6.07, 6.45) is 6.24. The topological polar surface area (TPSA) is 55.0 Å². The SMILES string of the molecule is N[C@H]1CCN(c2cc(C3CC3)nc(C3CC3)n2)C1. The number of nitrogens with two attached hydrogens (primary N) is 1. The quantitative estimate of drug-likeness (QED) is 0.880. The molecule has 1 atom stereocenters. The summed E-state index contributed by atoms with van der Waals surface area (Å²) >= 11 is 0. The second kappa shape index (κ2) is 3.92. The van der Waals surface area contributed by atoms with Crippen molar-refractivity contribution in [3.8, 4) is 0 Å². The third-order valence-corrected chi connectivity index (χ3v) is 4.24. The minimum absolute atomic E-state index is 0.314. The van der Waals surface area contributed by atoms with Crippen molar-refractivity contribution in [2.75, 3.05) is 18.0 Å². The van der Waals surface area contributed by atoms with Gasteiger partial charge in [0, 0.05) is 42.7 Å². The van der Waals surface area contributed by atoms with Crippen molar-refractivity contribution in [2.45, 2.75) is 50.0 Å². The molecule has 2 aliphatic carbocycles. The molecule has 0 unspecified atom stereocenters. The number of aromatic nitrogens is 2. The number of hydrogen-bond donors (Lipinski definition) is 1. The lowest BCUT2D eigenvalue weighted by Gasteiger charge is -2.18. The monoisotopic (exact) mass is 244 g/mol. The molecule has 0 spiro atoms. The van der Waals surface area contributed by atoms with Crippen molar-refractivity contribution >= 4 is 5.82 Å². The van der Waals surface area contributed by atoms with Crippen LogP contribution in [0.15, 0.2) is 6.07 Å². The van der Waals surface area contributed by atoms with Crippen LogP contribution in [0.25, 0.3) is 0 Å². The third-order valence-electron chi connectivity index (χ3n) is 4.24. The average Bonchev–Trinajstić information content (AvgIpc) is 3.26. The zero-order valence-electron chi connectivity index (χ0n) is 10.7. The van der Waals surface area contributed by atoms with Gasteiger partial charge in [0.15, 0.2) is 0 Å². The number of anilines is 1. The van der Waals surface area contributed by atoms with Crippen LogP contribution >= 0.6 is 0 Å². The summed E-state index contributed by atoms with van der Waals surface area (Å²) in [6, 6.07) is 2.52. The standard InChI is InChI=1S/C14H20N4/c15-11-5-6-18(8-11)13-7-12(9-1-2-9)16-14(17-13)10-3-4-10/h7,9-11H,1-6,8,15H2/t11-/m0/s1. The molecule has 2 heterocycles. The summed E-state index contributed by atoms with van der Waals surface area (Å²) < 4.78 is 0. The maximum absolute atomic E-state index is 6.00. The Morgan fingerprint density at radius 2 is 1.83 bits per heavy atom. The maximum atomic E-state index is 6.00. The Morgan fingerprint density at radius 3 is 2.44 bits per heavy atom. The van der Waals surface area contributed by atoms with E-state index in [0.717, 1.165) is 31.2 Å². The van der Waals surface area contributed by atoms with Crippen molar-refractivity contribution in [3.05, 3.63) is 17.6 Å². The van der Waals surface area contributed by atoms with Crippen LogP contribution in [0.3, 0.4) is 0 Å². The highest BCUT2D eigenvalue weighted by atomic mass is 15.2. The van der Waals surface area contributed by atoms with E-state index in [1.165, 1.54) is 31.4 Å². The lowest BCUT2D eigenvalue weighted by molar-refractivity contribution is 0.750. The van der Waals surface area contributed by atoms with Gasteiger partial charge in [-0.3, -0.25) is 0 Å². The molecule has 4 nitrogen and oxygen atoms in total. The third kappa shape index (κ3) is 1.99. The molecule has 4 rings (SSSR count). The van der Waals surface area contributed by atoms with Crippen molar-refractivity contribution in [1.29, 1.82) is 0 Å². The first-order valence-electron chi connectivity index (χ1n) is 7.19. The van der Waals surface area contributed by atoms with E-state index in [0.29, 0.717) is 17.9 Å². The van der Waals surface area contributed by atoms with Gasteiger partial charge in [-0.15, -0.1) is 0 Å². The number of nitrogens with zero attached hydrogens (tertiary/aromatic N) is 3. The van der Waals surface area contributed by atoms with Crippen LogP contribution in [-0.2, 0) is 0 Å². The van der Waals surface area contributed by atoms with Crippen LogP contribution in [-0.4, -0.2) is 29.1 Å². The van der Waals surface area contributed by atoms with Crippen LogP contribution < -0.4 is 10.6 Å². The van der Waals surface area contributed by atoms with Crippen molar-refractivity contribution < 1.29 is 0 Å².